The van der Waals surface area contributed by atoms with Crippen molar-refractivity contribution in [2.45, 2.75) is 38.2 Å². The maximum absolute atomic E-state index is 13.2. The number of thiophene rings is 1. The fraction of sp³-hybridized carbons (Fsp3) is 0.526. The molecule has 1 aliphatic carbocycles. The van der Waals surface area contributed by atoms with E-state index in [4.69, 9.17) is 4.74 Å². The number of piperidine rings is 1. The molecule has 24 heavy (non-hydrogen) atoms. The summed E-state index contributed by atoms with van der Waals surface area (Å²) >= 11 is 1.57. The van der Waals surface area contributed by atoms with Gasteiger partial charge in [-0.3, -0.25) is 4.79 Å². The molecular weight excluding hydrogens is 322 g/mol. The lowest BCUT2D eigenvalue weighted by Crippen LogP contribution is -2.50. The average molecular weight is 345 g/mol. The zero-order chi connectivity index (χ0) is 16.7. The highest BCUT2D eigenvalue weighted by atomic mass is 32.1. The summed E-state index contributed by atoms with van der Waals surface area (Å²) in [4.78, 5) is 15.1. The Morgan fingerprint density at radius 3 is 2.92 bits per heavy atom. The van der Waals surface area contributed by atoms with Gasteiger partial charge in [-0.2, -0.15) is 0 Å². The molecule has 1 unspecified atom stereocenters. The van der Waals surface area contributed by atoms with E-state index in [2.05, 4.69) is 0 Å². The molecule has 0 bridgehead atoms. The van der Waals surface area contributed by atoms with Gasteiger partial charge in [0, 0.05) is 28.6 Å². The van der Waals surface area contributed by atoms with Crippen LogP contribution in [-0.2, 0) is 0 Å². The summed E-state index contributed by atoms with van der Waals surface area (Å²) < 4.78 is 6.53. The Kier molecular flexibility index (Phi) is 4.01. The second-order valence-electron chi connectivity index (χ2n) is 7.23. The largest absolute Gasteiger partial charge is 0.496 e. The minimum Gasteiger partial charge on any atom is -0.496 e. The van der Waals surface area contributed by atoms with E-state index >= 15 is 0 Å². The van der Waals surface area contributed by atoms with Crippen molar-refractivity contribution in [1.29, 1.82) is 0 Å². The Bertz CT molecular complexity index is 763. The van der Waals surface area contributed by atoms with E-state index in [1.54, 1.807) is 18.4 Å². The van der Waals surface area contributed by atoms with E-state index in [9.17, 15) is 9.90 Å². The molecule has 2 heterocycles. The quantitative estimate of drug-likeness (QED) is 0.903. The van der Waals surface area contributed by atoms with E-state index < -0.39 is 6.10 Å². The number of fused-ring (bicyclic) bond motifs is 1. The molecule has 128 valence electrons. The number of methoxy groups -OCH3 is 1. The summed E-state index contributed by atoms with van der Waals surface area (Å²) in [6.07, 6.45) is 5.11. The van der Waals surface area contributed by atoms with Gasteiger partial charge in [-0.05, 0) is 36.8 Å². The lowest BCUT2D eigenvalue weighted by molar-refractivity contribution is -0.00255. The zero-order valence-corrected chi connectivity index (χ0v) is 14.8. The molecule has 1 aliphatic heterocycles. The highest BCUT2D eigenvalue weighted by molar-refractivity contribution is 7.17. The monoisotopic (exact) mass is 345 g/mol. The van der Waals surface area contributed by atoms with Crippen LogP contribution in [0.3, 0.4) is 0 Å². The number of ether oxygens (including phenoxy) is 1. The SMILES string of the molecule is COc1cccc2scc(C(=O)N3CC(O)CC4(CCCC4)C3)c12. The van der Waals surface area contributed by atoms with Crippen LogP contribution in [0.4, 0.5) is 0 Å². The van der Waals surface area contributed by atoms with E-state index in [0.29, 0.717) is 12.1 Å². The third-order valence-corrected chi connectivity index (χ3v) is 6.54. The lowest BCUT2D eigenvalue weighted by Gasteiger charge is -2.43. The van der Waals surface area contributed by atoms with Crippen molar-refractivity contribution in [3.63, 3.8) is 0 Å². The number of likely N-dealkylation sites (tertiary alicyclic amines) is 1. The fourth-order valence-corrected chi connectivity index (χ4v) is 5.50. The molecule has 4 rings (SSSR count). The third-order valence-electron chi connectivity index (χ3n) is 5.59. The van der Waals surface area contributed by atoms with Crippen molar-refractivity contribution < 1.29 is 14.6 Å². The molecule has 1 atom stereocenters. The number of amides is 1. The normalized spacial score (nSPS) is 23.1. The first kappa shape index (κ1) is 15.9. The Hall–Kier alpha value is -1.59. The fourth-order valence-electron chi connectivity index (χ4n) is 4.55. The zero-order valence-electron chi connectivity index (χ0n) is 14.0. The van der Waals surface area contributed by atoms with Gasteiger partial charge in [0.1, 0.15) is 5.75 Å². The van der Waals surface area contributed by atoms with Crippen LogP contribution < -0.4 is 4.74 Å². The Morgan fingerprint density at radius 1 is 1.38 bits per heavy atom. The van der Waals surface area contributed by atoms with E-state index in [1.165, 1.54) is 12.8 Å². The van der Waals surface area contributed by atoms with Gasteiger partial charge >= 0.3 is 0 Å². The third kappa shape index (κ3) is 2.60. The first-order chi connectivity index (χ1) is 11.6. The number of nitrogens with zero attached hydrogens (tertiary/aromatic N) is 1. The van der Waals surface area contributed by atoms with Gasteiger partial charge in [-0.25, -0.2) is 0 Å². The first-order valence-electron chi connectivity index (χ1n) is 8.63. The highest BCUT2D eigenvalue weighted by Gasteiger charge is 2.43. The van der Waals surface area contributed by atoms with E-state index in [0.717, 1.165) is 41.6 Å². The van der Waals surface area contributed by atoms with Crippen molar-refractivity contribution >= 4 is 27.3 Å². The number of aliphatic hydroxyl groups is 1. The predicted molar refractivity (Wildman–Crippen MR) is 95.8 cm³/mol. The minimum absolute atomic E-state index is 0.0239. The lowest BCUT2D eigenvalue weighted by atomic mass is 9.77. The van der Waals surface area contributed by atoms with Crippen molar-refractivity contribution in [1.82, 2.24) is 4.90 Å². The summed E-state index contributed by atoms with van der Waals surface area (Å²) in [7, 11) is 1.64. The summed E-state index contributed by atoms with van der Waals surface area (Å²) in [5, 5.41) is 13.2. The standard InChI is InChI=1S/C19H23NO3S/c1-23-15-5-4-6-16-17(15)14(11-24-16)18(22)20-10-13(21)9-19(12-20)7-2-3-8-19/h4-6,11,13,21H,2-3,7-10,12H2,1H3. The molecule has 1 saturated heterocycles. The van der Waals surface area contributed by atoms with Crippen LogP contribution in [0.25, 0.3) is 10.1 Å². The number of benzene rings is 1. The molecule has 2 aromatic rings. The number of carbonyl (C=O) groups is 1. The second-order valence-corrected chi connectivity index (χ2v) is 8.14. The second kappa shape index (κ2) is 6.05. The molecule has 1 spiro atoms. The van der Waals surface area contributed by atoms with Crippen LogP contribution in [0.2, 0.25) is 0 Å². The van der Waals surface area contributed by atoms with Gasteiger partial charge in [0.15, 0.2) is 0 Å². The topological polar surface area (TPSA) is 49.8 Å². The van der Waals surface area contributed by atoms with E-state index in [1.807, 2.05) is 28.5 Å². The molecule has 1 aromatic heterocycles. The molecule has 2 fully saturated rings. The Labute approximate surface area is 146 Å². The molecule has 2 aliphatic rings. The minimum atomic E-state index is -0.410. The van der Waals surface area contributed by atoms with Gasteiger partial charge in [0.2, 0.25) is 0 Å². The van der Waals surface area contributed by atoms with Crippen LogP contribution in [0, 0.1) is 5.41 Å². The number of β-amino-alcohol motifs (C(OH)–C–C–N with tert-alkyl or cyclic N) is 1. The predicted octanol–water partition coefficient (Wildman–Crippen LogP) is 3.68. The molecule has 4 nitrogen and oxygen atoms in total. The smallest absolute Gasteiger partial charge is 0.255 e. The van der Waals surface area contributed by atoms with Crippen LogP contribution in [0.15, 0.2) is 23.6 Å². The number of hydrogen-bond acceptors (Lipinski definition) is 4. The summed E-state index contributed by atoms with van der Waals surface area (Å²) in [6.45, 7) is 1.21. The Balaban J connectivity index is 1.68. The molecule has 5 heteroatoms. The number of aliphatic hydroxyl groups excluding tert-OH is 1. The van der Waals surface area contributed by atoms with E-state index in [-0.39, 0.29) is 11.3 Å². The average Bonchev–Trinajstić information content (AvgIpc) is 3.20. The van der Waals surface area contributed by atoms with Crippen LogP contribution in [-0.4, -0.2) is 42.2 Å². The highest BCUT2D eigenvalue weighted by Crippen LogP contribution is 2.45. The van der Waals surface area contributed by atoms with Gasteiger partial charge < -0.3 is 14.7 Å². The molecule has 0 radical (unpaired) electrons. The van der Waals surface area contributed by atoms with Gasteiger partial charge in [-0.15, -0.1) is 11.3 Å². The van der Waals surface area contributed by atoms with Crippen molar-refractivity contribution in [2.75, 3.05) is 20.2 Å². The van der Waals surface area contributed by atoms with Crippen molar-refractivity contribution in [2.24, 2.45) is 5.41 Å². The van der Waals surface area contributed by atoms with Gasteiger partial charge in [0.25, 0.3) is 5.91 Å². The molecule has 1 amide bonds. The maximum Gasteiger partial charge on any atom is 0.255 e. The van der Waals surface area contributed by atoms with Crippen LogP contribution >= 0.6 is 11.3 Å². The summed E-state index contributed by atoms with van der Waals surface area (Å²) in [6, 6.07) is 5.86. The Morgan fingerprint density at radius 2 is 2.17 bits per heavy atom. The van der Waals surface area contributed by atoms with Crippen molar-refractivity contribution in [3.8, 4) is 5.75 Å². The first-order valence-corrected chi connectivity index (χ1v) is 9.51. The number of carbonyl (C=O) groups excluding carboxylic acids is 1. The number of rotatable bonds is 2. The molecule has 1 saturated carbocycles. The summed E-state index contributed by atoms with van der Waals surface area (Å²) in [5.41, 5.74) is 0.832. The van der Waals surface area contributed by atoms with Crippen LogP contribution in [0.5, 0.6) is 5.75 Å². The van der Waals surface area contributed by atoms with Crippen molar-refractivity contribution in [3.05, 3.63) is 29.1 Å². The van der Waals surface area contributed by atoms with Crippen LogP contribution in [0.1, 0.15) is 42.5 Å². The number of hydrogen-bond donors (Lipinski definition) is 1. The van der Waals surface area contributed by atoms with Gasteiger partial charge in [0.05, 0.1) is 18.8 Å². The molecule has 1 N–H and O–H groups in total. The van der Waals surface area contributed by atoms with Gasteiger partial charge in [-0.1, -0.05) is 18.9 Å². The summed E-state index contributed by atoms with van der Waals surface area (Å²) in [5.74, 6) is 0.765. The maximum atomic E-state index is 13.2. The molecule has 1 aromatic carbocycles. The molecular formula is C19H23NO3S.